The summed E-state index contributed by atoms with van der Waals surface area (Å²) in [6.07, 6.45) is 4.89. The monoisotopic (exact) mass is 380 g/mol. The highest BCUT2D eigenvalue weighted by Gasteiger charge is 2.45. The number of carbonyl (C=O) groups is 2. The summed E-state index contributed by atoms with van der Waals surface area (Å²) in [6, 6.07) is 3.04. The zero-order valence-electron chi connectivity index (χ0n) is 15.1. The summed E-state index contributed by atoms with van der Waals surface area (Å²) >= 11 is 6.10. The number of carboxylic acids is 1. The molecule has 0 bridgehead atoms. The fraction of sp³-hybridized carbons (Fsp3) is 0.579. The molecule has 6 nitrogen and oxygen atoms in total. The van der Waals surface area contributed by atoms with E-state index >= 15 is 0 Å². The van der Waals surface area contributed by atoms with Crippen LogP contribution in [0.3, 0.4) is 0 Å². The number of hydrogen-bond donors (Lipinski definition) is 2. The van der Waals surface area contributed by atoms with E-state index in [9.17, 15) is 14.7 Å². The standard InChI is InChI=1S/C19H25ClN2O4/c1-11-7-14(17(26-2)9-13(11)20)21-18(23)10-22-15-6-4-3-5-12(15)8-16(22)19(24)25/h7,9,12,15-16H,3-6,8,10H2,1-2H3,(H,21,23)(H,24,25). The largest absolute Gasteiger partial charge is 0.495 e. The number of likely N-dealkylation sites (tertiary alicyclic amines) is 1. The first kappa shape index (κ1) is 19.0. The van der Waals surface area contributed by atoms with Gasteiger partial charge in [0.15, 0.2) is 0 Å². The Kier molecular flexibility index (Phi) is 5.73. The van der Waals surface area contributed by atoms with E-state index in [2.05, 4.69) is 5.32 Å². The predicted molar refractivity (Wildman–Crippen MR) is 99.9 cm³/mol. The van der Waals surface area contributed by atoms with Crippen LogP contribution in [0.1, 0.15) is 37.7 Å². The summed E-state index contributed by atoms with van der Waals surface area (Å²) in [7, 11) is 1.52. The number of aliphatic carboxylic acids is 1. The van der Waals surface area contributed by atoms with Gasteiger partial charge in [0.2, 0.25) is 5.91 Å². The molecular weight excluding hydrogens is 356 g/mol. The summed E-state index contributed by atoms with van der Waals surface area (Å²) < 4.78 is 5.29. The molecule has 1 aromatic rings. The summed E-state index contributed by atoms with van der Waals surface area (Å²) in [6.45, 7) is 1.92. The number of carbonyl (C=O) groups excluding carboxylic acids is 1. The molecule has 0 aromatic heterocycles. The number of fused-ring (bicyclic) bond motifs is 1. The number of carboxylic acid groups (broad SMARTS) is 1. The van der Waals surface area contributed by atoms with Crippen LogP contribution in [0, 0.1) is 12.8 Å². The lowest BCUT2D eigenvalue weighted by Crippen LogP contribution is -2.46. The highest BCUT2D eigenvalue weighted by Crippen LogP contribution is 2.39. The van der Waals surface area contributed by atoms with Gasteiger partial charge in [0.25, 0.3) is 0 Å². The average Bonchev–Trinajstić information content (AvgIpc) is 2.97. The smallest absolute Gasteiger partial charge is 0.320 e. The molecule has 1 saturated heterocycles. The highest BCUT2D eigenvalue weighted by atomic mass is 35.5. The van der Waals surface area contributed by atoms with Crippen molar-refractivity contribution in [1.29, 1.82) is 0 Å². The Bertz CT molecular complexity index is 709. The third-order valence-corrected chi connectivity index (χ3v) is 5.99. The van der Waals surface area contributed by atoms with E-state index in [1.54, 1.807) is 12.1 Å². The summed E-state index contributed by atoms with van der Waals surface area (Å²) in [5, 5.41) is 13.0. The SMILES string of the molecule is COc1cc(Cl)c(C)cc1NC(=O)CN1C(C(=O)O)CC2CCCCC21. The third kappa shape index (κ3) is 3.81. The van der Waals surface area contributed by atoms with Gasteiger partial charge in [-0.2, -0.15) is 0 Å². The van der Waals surface area contributed by atoms with Crippen LogP contribution in [0.5, 0.6) is 5.75 Å². The van der Waals surface area contributed by atoms with Crippen molar-refractivity contribution in [3.63, 3.8) is 0 Å². The van der Waals surface area contributed by atoms with E-state index < -0.39 is 12.0 Å². The normalized spacial score (nSPS) is 25.6. The van der Waals surface area contributed by atoms with Gasteiger partial charge in [-0.15, -0.1) is 0 Å². The van der Waals surface area contributed by atoms with Crippen molar-refractivity contribution in [3.8, 4) is 5.75 Å². The zero-order chi connectivity index (χ0) is 18.8. The second kappa shape index (κ2) is 7.84. The number of aryl methyl sites for hydroxylation is 1. The van der Waals surface area contributed by atoms with Crippen LogP contribution in [0.2, 0.25) is 5.02 Å². The Balaban J connectivity index is 1.74. The molecule has 1 aliphatic carbocycles. The number of halogens is 1. The molecule has 2 N–H and O–H groups in total. The fourth-order valence-electron chi connectivity index (χ4n) is 4.31. The van der Waals surface area contributed by atoms with E-state index in [1.807, 2.05) is 11.8 Å². The van der Waals surface area contributed by atoms with Crippen LogP contribution in [0.15, 0.2) is 12.1 Å². The number of hydrogen-bond acceptors (Lipinski definition) is 4. The molecule has 7 heteroatoms. The maximum Gasteiger partial charge on any atom is 0.320 e. The number of ether oxygens (including phenoxy) is 1. The molecule has 3 rings (SSSR count). The van der Waals surface area contributed by atoms with Crippen LogP contribution in [0.4, 0.5) is 5.69 Å². The van der Waals surface area contributed by atoms with E-state index in [0.29, 0.717) is 28.8 Å². The Hall–Kier alpha value is -1.79. The van der Waals surface area contributed by atoms with Crippen molar-refractivity contribution in [2.75, 3.05) is 19.0 Å². The quantitative estimate of drug-likeness (QED) is 0.819. The molecule has 26 heavy (non-hydrogen) atoms. The number of amides is 1. The molecule has 2 fully saturated rings. The number of methoxy groups -OCH3 is 1. The van der Waals surface area contributed by atoms with E-state index in [-0.39, 0.29) is 18.5 Å². The van der Waals surface area contributed by atoms with Crippen LogP contribution >= 0.6 is 11.6 Å². The maximum absolute atomic E-state index is 12.6. The molecular formula is C19H25ClN2O4. The predicted octanol–water partition coefficient (Wildman–Crippen LogP) is 3.31. The van der Waals surface area contributed by atoms with Gasteiger partial charge in [-0.05, 0) is 43.7 Å². The molecule has 1 amide bonds. The van der Waals surface area contributed by atoms with Crippen molar-refractivity contribution in [2.45, 2.75) is 51.1 Å². The average molecular weight is 381 g/mol. The van der Waals surface area contributed by atoms with Crippen LogP contribution < -0.4 is 10.1 Å². The number of anilines is 1. The molecule has 0 spiro atoms. The van der Waals surface area contributed by atoms with Crippen molar-refractivity contribution in [1.82, 2.24) is 4.90 Å². The van der Waals surface area contributed by atoms with Gasteiger partial charge in [0, 0.05) is 17.1 Å². The summed E-state index contributed by atoms with van der Waals surface area (Å²) in [5.41, 5.74) is 1.38. The van der Waals surface area contributed by atoms with Gasteiger partial charge in [-0.1, -0.05) is 24.4 Å². The number of benzene rings is 1. The number of nitrogens with one attached hydrogen (secondary N) is 1. The molecule has 1 heterocycles. The highest BCUT2D eigenvalue weighted by molar-refractivity contribution is 6.31. The first-order chi connectivity index (χ1) is 12.4. The molecule has 3 atom stereocenters. The molecule has 3 unspecified atom stereocenters. The summed E-state index contributed by atoms with van der Waals surface area (Å²) in [5.74, 6) is -0.208. The van der Waals surface area contributed by atoms with Gasteiger partial charge in [-0.25, -0.2) is 0 Å². The van der Waals surface area contributed by atoms with Gasteiger partial charge in [-0.3, -0.25) is 14.5 Å². The lowest BCUT2D eigenvalue weighted by Gasteiger charge is -2.32. The lowest BCUT2D eigenvalue weighted by molar-refractivity contribution is -0.143. The minimum atomic E-state index is -0.841. The van der Waals surface area contributed by atoms with Crippen LogP contribution in [0.25, 0.3) is 0 Å². The van der Waals surface area contributed by atoms with Gasteiger partial charge in [0.05, 0.1) is 19.3 Å². The van der Waals surface area contributed by atoms with E-state index in [4.69, 9.17) is 16.3 Å². The minimum Gasteiger partial charge on any atom is -0.495 e. The first-order valence-corrected chi connectivity index (χ1v) is 9.41. The Morgan fingerprint density at radius 2 is 2.08 bits per heavy atom. The van der Waals surface area contributed by atoms with Gasteiger partial charge >= 0.3 is 5.97 Å². The summed E-state index contributed by atoms with van der Waals surface area (Å²) in [4.78, 5) is 26.2. The third-order valence-electron chi connectivity index (χ3n) is 5.59. The first-order valence-electron chi connectivity index (χ1n) is 9.03. The lowest BCUT2D eigenvalue weighted by atomic mass is 9.85. The molecule has 2 aliphatic rings. The fourth-order valence-corrected chi connectivity index (χ4v) is 4.46. The molecule has 1 aromatic carbocycles. The number of nitrogens with zero attached hydrogens (tertiary/aromatic N) is 1. The molecule has 0 radical (unpaired) electrons. The molecule has 1 aliphatic heterocycles. The Morgan fingerprint density at radius 1 is 1.35 bits per heavy atom. The van der Waals surface area contributed by atoms with Crippen molar-refractivity contribution in [3.05, 3.63) is 22.7 Å². The van der Waals surface area contributed by atoms with Crippen molar-refractivity contribution in [2.24, 2.45) is 5.92 Å². The van der Waals surface area contributed by atoms with Crippen molar-refractivity contribution < 1.29 is 19.4 Å². The zero-order valence-corrected chi connectivity index (χ0v) is 15.9. The maximum atomic E-state index is 12.6. The second-order valence-corrected chi connectivity index (χ2v) is 7.63. The van der Waals surface area contributed by atoms with Gasteiger partial charge < -0.3 is 15.2 Å². The van der Waals surface area contributed by atoms with E-state index in [1.165, 1.54) is 7.11 Å². The molecule has 1 saturated carbocycles. The topological polar surface area (TPSA) is 78.9 Å². The van der Waals surface area contributed by atoms with Crippen LogP contribution in [-0.4, -0.2) is 47.6 Å². The minimum absolute atomic E-state index is 0.0724. The van der Waals surface area contributed by atoms with Crippen LogP contribution in [-0.2, 0) is 9.59 Å². The van der Waals surface area contributed by atoms with Gasteiger partial charge in [0.1, 0.15) is 11.8 Å². The second-order valence-electron chi connectivity index (χ2n) is 7.22. The van der Waals surface area contributed by atoms with Crippen molar-refractivity contribution >= 4 is 29.2 Å². The Labute approximate surface area is 158 Å². The van der Waals surface area contributed by atoms with E-state index in [0.717, 1.165) is 31.2 Å². The molecule has 142 valence electrons. The number of rotatable bonds is 5. The Morgan fingerprint density at radius 3 is 2.77 bits per heavy atom.